The van der Waals surface area contributed by atoms with Crippen molar-refractivity contribution >= 4 is 28.3 Å². The van der Waals surface area contributed by atoms with Crippen LogP contribution in [0.2, 0.25) is 5.02 Å². The van der Waals surface area contributed by atoms with E-state index in [-0.39, 0.29) is 10.8 Å². The van der Waals surface area contributed by atoms with Gasteiger partial charge in [-0.2, -0.15) is 0 Å². The summed E-state index contributed by atoms with van der Waals surface area (Å²) < 4.78 is 0. The lowest BCUT2D eigenvalue weighted by Gasteiger charge is -2.27. The van der Waals surface area contributed by atoms with E-state index in [2.05, 4.69) is 63.0 Å². The van der Waals surface area contributed by atoms with Crippen LogP contribution in [0, 0.1) is 4.91 Å². The predicted molar refractivity (Wildman–Crippen MR) is 107 cm³/mol. The molecule has 0 N–H and O–H groups in total. The summed E-state index contributed by atoms with van der Waals surface area (Å²) in [6.07, 6.45) is 0. The van der Waals surface area contributed by atoms with Gasteiger partial charge in [0.25, 0.3) is 0 Å². The number of nitroso groups, excluding NO2 is 1. The molecule has 0 aliphatic carbocycles. The smallest absolute Gasteiger partial charge is 0.139 e. The van der Waals surface area contributed by atoms with Gasteiger partial charge in [0.15, 0.2) is 0 Å². The average Bonchev–Trinajstić information content (AvgIpc) is 2.94. The molecule has 6 heteroatoms. The van der Waals surface area contributed by atoms with E-state index in [9.17, 15) is 4.91 Å². The fourth-order valence-corrected chi connectivity index (χ4v) is 3.03. The summed E-state index contributed by atoms with van der Waals surface area (Å²) in [6, 6.07) is 9.36. The van der Waals surface area contributed by atoms with Gasteiger partial charge < -0.3 is 0 Å². The Morgan fingerprint density at radius 3 is 2.15 bits per heavy atom. The SMILES string of the molecule is CC(C)(C)c1cc(-n2nc3ccc(Cl)cc3n2)c(N=O)c(C(C)(C)C)c1. The molecule has 5 nitrogen and oxygen atoms in total. The van der Waals surface area contributed by atoms with Crippen LogP contribution in [0.15, 0.2) is 35.5 Å². The Bertz CT molecular complexity index is 993. The number of aromatic nitrogens is 3. The lowest BCUT2D eigenvalue weighted by molar-refractivity contribution is 0.567. The Morgan fingerprint density at radius 1 is 0.923 bits per heavy atom. The summed E-state index contributed by atoms with van der Waals surface area (Å²) in [4.78, 5) is 13.2. The quantitative estimate of drug-likeness (QED) is 0.514. The molecule has 0 spiro atoms. The molecule has 0 radical (unpaired) electrons. The van der Waals surface area contributed by atoms with Gasteiger partial charge in [0.1, 0.15) is 22.4 Å². The van der Waals surface area contributed by atoms with Crippen molar-refractivity contribution in [1.82, 2.24) is 15.0 Å². The number of hydrogen-bond donors (Lipinski definition) is 0. The van der Waals surface area contributed by atoms with Crippen molar-refractivity contribution in [3.05, 3.63) is 51.4 Å². The first kappa shape index (κ1) is 18.5. The number of fused-ring (bicyclic) bond motifs is 1. The number of hydrogen-bond acceptors (Lipinski definition) is 4. The molecule has 0 saturated carbocycles. The molecule has 1 aromatic heterocycles. The van der Waals surface area contributed by atoms with Crippen LogP contribution >= 0.6 is 11.6 Å². The van der Waals surface area contributed by atoms with Crippen molar-refractivity contribution in [2.24, 2.45) is 5.18 Å². The minimum atomic E-state index is -0.241. The molecule has 2 aromatic carbocycles. The van der Waals surface area contributed by atoms with Crippen molar-refractivity contribution in [2.45, 2.75) is 52.4 Å². The molecule has 0 aliphatic heterocycles. The first-order valence-electron chi connectivity index (χ1n) is 8.56. The fourth-order valence-electron chi connectivity index (χ4n) is 2.87. The third-order valence-electron chi connectivity index (χ3n) is 4.41. The molecule has 3 rings (SSSR count). The van der Waals surface area contributed by atoms with Crippen molar-refractivity contribution < 1.29 is 0 Å². The number of rotatable bonds is 2. The third-order valence-corrected chi connectivity index (χ3v) is 4.65. The van der Waals surface area contributed by atoms with E-state index in [4.69, 9.17) is 11.6 Å². The topological polar surface area (TPSA) is 60.1 Å². The summed E-state index contributed by atoms with van der Waals surface area (Å²) in [5.41, 5.74) is 4.00. The lowest BCUT2D eigenvalue weighted by atomic mass is 9.79. The molecule has 26 heavy (non-hydrogen) atoms. The lowest BCUT2D eigenvalue weighted by Crippen LogP contribution is -2.18. The van der Waals surface area contributed by atoms with Gasteiger partial charge >= 0.3 is 0 Å². The summed E-state index contributed by atoms with van der Waals surface area (Å²) >= 11 is 6.06. The van der Waals surface area contributed by atoms with E-state index in [1.807, 2.05) is 12.1 Å². The second-order valence-corrected chi connectivity index (χ2v) is 9.04. The van der Waals surface area contributed by atoms with Gasteiger partial charge in [-0.05, 0) is 51.4 Å². The average molecular weight is 371 g/mol. The maximum absolute atomic E-state index is 11.8. The van der Waals surface area contributed by atoms with Gasteiger partial charge in [0.2, 0.25) is 0 Å². The summed E-state index contributed by atoms with van der Waals surface area (Å²) in [6.45, 7) is 12.6. The highest BCUT2D eigenvalue weighted by Crippen LogP contribution is 2.40. The normalized spacial score (nSPS) is 12.6. The second-order valence-electron chi connectivity index (χ2n) is 8.61. The Kier molecular flexibility index (Phi) is 4.39. The monoisotopic (exact) mass is 370 g/mol. The molecular formula is C20H23ClN4O. The van der Waals surface area contributed by atoms with Crippen LogP contribution in [0.5, 0.6) is 0 Å². The molecule has 0 bridgehead atoms. The van der Waals surface area contributed by atoms with E-state index in [1.54, 1.807) is 12.1 Å². The highest BCUT2D eigenvalue weighted by atomic mass is 35.5. The standard InChI is InChI=1S/C20H23ClN4O/c1-19(2,3)12-9-14(20(4,5)6)18(24-26)17(10-12)25-22-15-8-7-13(21)11-16(15)23-25/h7-11H,1-6H3. The summed E-state index contributed by atoms with van der Waals surface area (Å²) in [5, 5.41) is 13.0. The van der Waals surface area contributed by atoms with Gasteiger partial charge in [0, 0.05) is 5.02 Å². The minimum Gasteiger partial charge on any atom is -0.148 e. The Balaban J connectivity index is 2.35. The highest BCUT2D eigenvalue weighted by molar-refractivity contribution is 6.31. The first-order chi connectivity index (χ1) is 12.0. The summed E-state index contributed by atoms with van der Waals surface area (Å²) in [5.74, 6) is 0. The molecule has 136 valence electrons. The van der Waals surface area contributed by atoms with Crippen LogP contribution in [-0.4, -0.2) is 15.0 Å². The van der Waals surface area contributed by atoms with E-state index < -0.39 is 0 Å². The van der Waals surface area contributed by atoms with Crippen LogP contribution in [-0.2, 0) is 10.8 Å². The summed E-state index contributed by atoms with van der Waals surface area (Å²) in [7, 11) is 0. The number of benzene rings is 2. The van der Waals surface area contributed by atoms with E-state index in [0.29, 0.717) is 27.4 Å². The Morgan fingerprint density at radius 2 is 1.58 bits per heavy atom. The van der Waals surface area contributed by atoms with Crippen LogP contribution in [0.25, 0.3) is 16.7 Å². The van der Waals surface area contributed by atoms with E-state index in [0.717, 1.165) is 11.1 Å². The number of halogens is 1. The van der Waals surface area contributed by atoms with Crippen molar-refractivity contribution in [2.75, 3.05) is 0 Å². The molecule has 0 aliphatic rings. The molecule has 3 aromatic rings. The van der Waals surface area contributed by atoms with Crippen LogP contribution in [0.3, 0.4) is 0 Å². The predicted octanol–water partition coefficient (Wildman–Crippen LogP) is 6.07. The van der Waals surface area contributed by atoms with Gasteiger partial charge in [0.05, 0.1) is 0 Å². The van der Waals surface area contributed by atoms with E-state index >= 15 is 0 Å². The zero-order chi connectivity index (χ0) is 19.3. The number of nitrogens with zero attached hydrogens (tertiary/aromatic N) is 4. The molecular weight excluding hydrogens is 348 g/mol. The maximum Gasteiger partial charge on any atom is 0.139 e. The molecule has 0 fully saturated rings. The highest BCUT2D eigenvalue weighted by Gasteiger charge is 2.27. The Labute approximate surface area is 158 Å². The van der Waals surface area contributed by atoms with Crippen molar-refractivity contribution in [3.8, 4) is 5.69 Å². The van der Waals surface area contributed by atoms with Gasteiger partial charge in [-0.25, -0.2) is 0 Å². The van der Waals surface area contributed by atoms with Gasteiger partial charge in [-0.1, -0.05) is 59.2 Å². The van der Waals surface area contributed by atoms with Gasteiger partial charge in [-0.15, -0.1) is 19.9 Å². The van der Waals surface area contributed by atoms with Crippen LogP contribution in [0.1, 0.15) is 52.7 Å². The fraction of sp³-hybridized carbons (Fsp3) is 0.400. The Hall–Kier alpha value is -2.27. The second kappa shape index (κ2) is 6.16. The molecule has 0 atom stereocenters. The minimum absolute atomic E-state index is 0.0912. The largest absolute Gasteiger partial charge is 0.148 e. The molecule has 0 unspecified atom stereocenters. The zero-order valence-corrected chi connectivity index (χ0v) is 16.7. The van der Waals surface area contributed by atoms with Gasteiger partial charge in [-0.3, -0.25) is 0 Å². The molecule has 0 saturated heterocycles. The third kappa shape index (κ3) is 3.36. The molecule has 0 amide bonds. The van der Waals surface area contributed by atoms with Crippen LogP contribution in [0.4, 0.5) is 5.69 Å². The van der Waals surface area contributed by atoms with Crippen molar-refractivity contribution in [1.29, 1.82) is 0 Å². The first-order valence-corrected chi connectivity index (χ1v) is 8.94. The molecule has 1 heterocycles. The van der Waals surface area contributed by atoms with E-state index in [1.165, 1.54) is 4.80 Å². The van der Waals surface area contributed by atoms with Crippen molar-refractivity contribution in [3.63, 3.8) is 0 Å². The maximum atomic E-state index is 11.8. The zero-order valence-electron chi connectivity index (χ0n) is 16.0. The van der Waals surface area contributed by atoms with Crippen LogP contribution < -0.4 is 0 Å².